The van der Waals surface area contributed by atoms with E-state index < -0.39 is 6.10 Å². The van der Waals surface area contributed by atoms with Gasteiger partial charge in [-0.05, 0) is 63.2 Å². The number of unbranched alkanes of at least 4 members (excludes halogenated alkanes) is 1. The first-order valence-corrected chi connectivity index (χ1v) is 11.8. The molecule has 30 heavy (non-hydrogen) atoms. The Morgan fingerprint density at radius 1 is 1.37 bits per heavy atom. The summed E-state index contributed by atoms with van der Waals surface area (Å²) in [6.45, 7) is 5.16. The zero-order chi connectivity index (χ0) is 21.0. The molecule has 4 unspecified atom stereocenters. The van der Waals surface area contributed by atoms with E-state index in [1.165, 1.54) is 11.1 Å². The molecule has 162 valence electrons. The number of piperidine rings is 1. The second kappa shape index (κ2) is 7.37. The molecule has 1 spiro atoms. The van der Waals surface area contributed by atoms with Gasteiger partial charge in [0, 0.05) is 23.4 Å². The Morgan fingerprint density at radius 3 is 2.97 bits per heavy atom. The molecule has 0 radical (unpaired) electrons. The molecule has 2 bridgehead atoms. The molecule has 0 amide bonds. The maximum atomic E-state index is 13.0. The van der Waals surface area contributed by atoms with Crippen LogP contribution in [0.3, 0.4) is 0 Å². The van der Waals surface area contributed by atoms with Crippen LogP contribution in [0.25, 0.3) is 0 Å². The van der Waals surface area contributed by atoms with Crippen LogP contribution >= 0.6 is 0 Å². The Hall–Kier alpha value is -1.88. The SMILES string of the molecule is CCCCC(CC)C(=O)Oc1ccc2c3c1O[C@H]1C(=O)CCC4C(C2)N(C)CCC341. The lowest BCUT2D eigenvalue weighted by atomic mass is 9.52. The first-order valence-electron chi connectivity index (χ1n) is 11.8. The van der Waals surface area contributed by atoms with Gasteiger partial charge in [0.2, 0.25) is 0 Å². The van der Waals surface area contributed by atoms with Crippen molar-refractivity contribution >= 4 is 11.8 Å². The minimum Gasteiger partial charge on any atom is -0.477 e. The third-order valence-corrected chi connectivity index (χ3v) is 8.31. The van der Waals surface area contributed by atoms with Gasteiger partial charge in [-0.2, -0.15) is 0 Å². The van der Waals surface area contributed by atoms with Gasteiger partial charge < -0.3 is 14.4 Å². The Bertz CT molecular complexity index is 880. The number of Topliss-reactive ketones (excluding diaryl/α,β-unsaturated/α-hetero) is 1. The predicted molar refractivity (Wildman–Crippen MR) is 114 cm³/mol. The highest BCUT2D eigenvalue weighted by atomic mass is 16.6. The van der Waals surface area contributed by atoms with Crippen LogP contribution in [0.2, 0.25) is 0 Å². The number of hydrogen-bond acceptors (Lipinski definition) is 5. The molecule has 0 aromatic heterocycles. The molecule has 2 heterocycles. The van der Waals surface area contributed by atoms with E-state index in [4.69, 9.17) is 9.47 Å². The predicted octanol–water partition coefficient (Wildman–Crippen LogP) is 4.05. The maximum Gasteiger partial charge on any atom is 0.314 e. The van der Waals surface area contributed by atoms with Crippen molar-refractivity contribution in [2.75, 3.05) is 13.6 Å². The highest BCUT2D eigenvalue weighted by Crippen LogP contribution is 2.63. The number of rotatable bonds is 6. The van der Waals surface area contributed by atoms with Crippen LogP contribution in [0.5, 0.6) is 11.5 Å². The molecule has 1 aromatic carbocycles. The number of benzene rings is 1. The van der Waals surface area contributed by atoms with Crippen LogP contribution in [-0.2, 0) is 21.4 Å². The van der Waals surface area contributed by atoms with E-state index in [1.807, 2.05) is 13.0 Å². The molecular weight excluding hydrogens is 378 g/mol. The van der Waals surface area contributed by atoms with Gasteiger partial charge in [0.1, 0.15) is 0 Å². The standard InChI is InChI=1S/C25H33NO4/c1-4-6-7-15(5-2)24(28)29-20-11-8-16-14-18-17-9-10-19(27)23-25(17,12-13-26(18)3)21(16)22(20)30-23/h8,11,15,17-18,23H,4-7,9-10,12-14H2,1-3H3/t15?,17?,18?,23-,25?/m0/s1. The third kappa shape index (κ3) is 2.70. The quantitative estimate of drug-likeness (QED) is 0.522. The molecule has 2 fully saturated rings. The van der Waals surface area contributed by atoms with Crippen LogP contribution in [-0.4, -0.2) is 42.4 Å². The van der Waals surface area contributed by atoms with E-state index in [-0.39, 0.29) is 23.1 Å². The highest BCUT2D eigenvalue weighted by molar-refractivity contribution is 5.89. The Kier molecular flexibility index (Phi) is 4.92. The second-order valence-electron chi connectivity index (χ2n) is 9.75. The van der Waals surface area contributed by atoms with Crippen LogP contribution in [0.1, 0.15) is 69.9 Å². The summed E-state index contributed by atoms with van der Waals surface area (Å²) >= 11 is 0. The lowest BCUT2D eigenvalue weighted by Crippen LogP contribution is -2.65. The normalized spacial score (nSPS) is 32.4. The summed E-state index contributed by atoms with van der Waals surface area (Å²) in [5.41, 5.74) is 2.22. The van der Waals surface area contributed by atoms with Gasteiger partial charge in [0.05, 0.1) is 5.92 Å². The number of carbonyl (C=O) groups is 2. The molecule has 5 rings (SSSR count). The summed E-state index contributed by atoms with van der Waals surface area (Å²) in [5.74, 6) is 1.59. The average molecular weight is 412 g/mol. The van der Waals surface area contributed by atoms with Gasteiger partial charge in [-0.25, -0.2) is 0 Å². The van der Waals surface area contributed by atoms with E-state index in [0.29, 0.717) is 29.9 Å². The van der Waals surface area contributed by atoms with Crippen molar-refractivity contribution in [3.8, 4) is 11.5 Å². The van der Waals surface area contributed by atoms with Crippen molar-refractivity contribution in [2.24, 2.45) is 11.8 Å². The van der Waals surface area contributed by atoms with Gasteiger partial charge in [-0.1, -0.05) is 32.8 Å². The van der Waals surface area contributed by atoms with Crippen LogP contribution < -0.4 is 9.47 Å². The molecule has 5 heteroatoms. The van der Waals surface area contributed by atoms with Gasteiger partial charge >= 0.3 is 5.97 Å². The van der Waals surface area contributed by atoms with E-state index >= 15 is 0 Å². The van der Waals surface area contributed by atoms with Crippen LogP contribution in [0.4, 0.5) is 0 Å². The lowest BCUT2D eigenvalue weighted by molar-refractivity contribution is -0.139. The molecule has 1 aromatic rings. The first-order chi connectivity index (χ1) is 14.5. The van der Waals surface area contributed by atoms with Gasteiger partial charge in [0.25, 0.3) is 0 Å². The van der Waals surface area contributed by atoms with Gasteiger partial charge in [-0.15, -0.1) is 0 Å². The third-order valence-electron chi connectivity index (χ3n) is 8.31. The van der Waals surface area contributed by atoms with Crippen molar-refractivity contribution in [2.45, 2.75) is 82.8 Å². The van der Waals surface area contributed by atoms with Gasteiger partial charge in [0.15, 0.2) is 23.4 Å². The van der Waals surface area contributed by atoms with Crippen molar-refractivity contribution in [3.05, 3.63) is 23.3 Å². The largest absolute Gasteiger partial charge is 0.477 e. The minimum absolute atomic E-state index is 0.0860. The van der Waals surface area contributed by atoms with Crippen molar-refractivity contribution in [3.63, 3.8) is 0 Å². The molecule has 0 N–H and O–H groups in total. The number of ether oxygens (including phenoxy) is 2. The number of carbonyl (C=O) groups excluding carboxylic acids is 2. The number of hydrogen-bond donors (Lipinski definition) is 0. The Balaban J connectivity index is 1.54. The van der Waals surface area contributed by atoms with E-state index in [9.17, 15) is 9.59 Å². The average Bonchev–Trinajstić information content (AvgIpc) is 3.09. The molecule has 5 atom stereocenters. The van der Waals surface area contributed by atoms with Crippen molar-refractivity contribution < 1.29 is 19.1 Å². The van der Waals surface area contributed by atoms with Crippen LogP contribution in [0.15, 0.2) is 12.1 Å². The Morgan fingerprint density at radius 2 is 2.20 bits per heavy atom. The number of ketones is 1. The summed E-state index contributed by atoms with van der Waals surface area (Å²) in [4.78, 5) is 28.3. The molecule has 2 aliphatic heterocycles. The fourth-order valence-electron chi connectivity index (χ4n) is 6.72. The zero-order valence-corrected chi connectivity index (χ0v) is 18.4. The maximum absolute atomic E-state index is 13.0. The minimum atomic E-state index is -0.414. The lowest BCUT2D eigenvalue weighted by Gasteiger charge is -2.57. The molecule has 1 saturated heterocycles. The first kappa shape index (κ1) is 20.0. The summed E-state index contributed by atoms with van der Waals surface area (Å²) < 4.78 is 12.3. The number of likely N-dealkylation sites (tertiary alicyclic amines) is 1. The monoisotopic (exact) mass is 411 g/mol. The topological polar surface area (TPSA) is 55.8 Å². The van der Waals surface area contributed by atoms with Gasteiger partial charge in [-0.3, -0.25) is 9.59 Å². The van der Waals surface area contributed by atoms with Crippen molar-refractivity contribution in [1.82, 2.24) is 4.90 Å². The molecular formula is C25H33NO4. The number of likely N-dealkylation sites (N-methyl/N-ethyl adjacent to an activating group) is 1. The summed E-state index contributed by atoms with van der Waals surface area (Å²) in [7, 11) is 2.21. The highest BCUT2D eigenvalue weighted by Gasteiger charge is 2.65. The van der Waals surface area contributed by atoms with E-state index in [2.05, 4.69) is 24.9 Å². The number of nitrogens with zero attached hydrogens (tertiary/aromatic N) is 1. The smallest absolute Gasteiger partial charge is 0.314 e. The summed E-state index contributed by atoms with van der Waals surface area (Å²) in [6.07, 6.45) is 6.76. The zero-order valence-electron chi connectivity index (χ0n) is 18.4. The van der Waals surface area contributed by atoms with E-state index in [0.717, 1.165) is 51.5 Å². The van der Waals surface area contributed by atoms with Crippen molar-refractivity contribution in [1.29, 1.82) is 0 Å². The molecule has 4 aliphatic rings. The Labute approximate surface area is 179 Å². The van der Waals surface area contributed by atoms with E-state index in [1.54, 1.807) is 0 Å². The number of esters is 1. The molecule has 2 aliphatic carbocycles. The second-order valence-corrected chi connectivity index (χ2v) is 9.75. The fourth-order valence-corrected chi connectivity index (χ4v) is 6.72. The summed E-state index contributed by atoms with van der Waals surface area (Å²) in [5, 5.41) is 0. The van der Waals surface area contributed by atoms with Crippen LogP contribution in [0, 0.1) is 11.8 Å². The summed E-state index contributed by atoms with van der Waals surface area (Å²) in [6, 6.07) is 4.47. The molecule has 5 nitrogen and oxygen atoms in total. The fraction of sp³-hybridized carbons (Fsp3) is 0.680. The molecule has 1 saturated carbocycles.